The van der Waals surface area contributed by atoms with Crippen LogP contribution in [0.1, 0.15) is 39.0 Å². The molecule has 0 bridgehead atoms. The Morgan fingerprint density at radius 3 is 2.38 bits per heavy atom. The predicted octanol–water partition coefficient (Wildman–Crippen LogP) is 2.75. The number of benzene rings is 1. The zero-order chi connectivity index (χ0) is 15.1. The van der Waals surface area contributed by atoms with Gasteiger partial charge in [-0.1, -0.05) is 19.3 Å². The third kappa shape index (κ3) is 5.21. The molecule has 1 atom stereocenters. The second kappa shape index (κ2) is 7.66. The van der Waals surface area contributed by atoms with Crippen LogP contribution in [0, 0.1) is 0 Å². The van der Waals surface area contributed by atoms with Gasteiger partial charge in [0.15, 0.2) is 0 Å². The quantitative estimate of drug-likeness (QED) is 0.811. The molecule has 1 unspecified atom stereocenters. The van der Waals surface area contributed by atoms with Gasteiger partial charge in [-0.2, -0.15) is 0 Å². The van der Waals surface area contributed by atoms with Gasteiger partial charge in [0.2, 0.25) is 0 Å². The van der Waals surface area contributed by atoms with E-state index in [1.807, 2.05) is 24.3 Å². The first-order valence-corrected chi connectivity index (χ1v) is 7.81. The predicted molar refractivity (Wildman–Crippen MR) is 84.0 cm³/mol. The highest BCUT2D eigenvalue weighted by molar-refractivity contribution is 5.31. The Bertz CT molecular complexity index is 413. The first-order valence-electron chi connectivity index (χ1n) is 7.81. The smallest absolute Gasteiger partial charge is 0.119 e. The van der Waals surface area contributed by atoms with E-state index in [-0.39, 0.29) is 5.54 Å². The summed E-state index contributed by atoms with van der Waals surface area (Å²) in [5, 5.41) is 13.5. The maximum Gasteiger partial charge on any atom is 0.119 e. The van der Waals surface area contributed by atoms with E-state index in [1.54, 1.807) is 7.11 Å². The van der Waals surface area contributed by atoms with E-state index >= 15 is 0 Å². The minimum Gasteiger partial charge on any atom is -0.497 e. The fraction of sp³-hybridized carbons (Fsp3) is 0.647. The van der Waals surface area contributed by atoms with Crippen molar-refractivity contribution in [2.24, 2.45) is 0 Å². The summed E-state index contributed by atoms with van der Waals surface area (Å²) in [7, 11) is 1.64. The van der Waals surface area contributed by atoms with E-state index in [0.29, 0.717) is 13.2 Å². The highest BCUT2D eigenvalue weighted by Gasteiger charge is 2.26. The topological polar surface area (TPSA) is 50.7 Å². The average molecular weight is 293 g/mol. The zero-order valence-electron chi connectivity index (χ0n) is 13.1. The molecule has 1 aliphatic rings. The maximum atomic E-state index is 10.0. The molecule has 1 saturated carbocycles. The number of β-amino-alcohol motifs (C(OH)–C–C–N with tert-alkyl or cyclic N) is 1. The molecular formula is C17H27NO3. The van der Waals surface area contributed by atoms with Gasteiger partial charge in [-0.3, -0.25) is 0 Å². The standard InChI is InChI=1S/C17H27NO3/c1-17(10-4-3-5-11-17)18-12-14(19)13-21-16-8-6-15(20-2)7-9-16/h6-9,14,18-19H,3-5,10-13H2,1-2H3. The number of methoxy groups -OCH3 is 1. The molecule has 1 aliphatic carbocycles. The van der Waals surface area contributed by atoms with Crippen LogP contribution in [0.5, 0.6) is 11.5 Å². The third-order valence-corrected chi connectivity index (χ3v) is 4.22. The molecule has 1 aromatic rings. The molecule has 0 heterocycles. The number of ether oxygens (including phenoxy) is 2. The summed E-state index contributed by atoms with van der Waals surface area (Å²) in [5.74, 6) is 1.55. The Labute approximate surface area is 127 Å². The van der Waals surface area contributed by atoms with Crippen molar-refractivity contribution in [3.8, 4) is 11.5 Å². The van der Waals surface area contributed by atoms with Gasteiger partial charge in [0.1, 0.15) is 24.2 Å². The Kier molecular flexibility index (Phi) is 5.88. The van der Waals surface area contributed by atoms with Gasteiger partial charge in [-0.25, -0.2) is 0 Å². The van der Waals surface area contributed by atoms with Gasteiger partial charge in [-0.15, -0.1) is 0 Å². The average Bonchev–Trinajstić information content (AvgIpc) is 2.52. The molecule has 4 nitrogen and oxygen atoms in total. The summed E-state index contributed by atoms with van der Waals surface area (Å²) in [5.41, 5.74) is 0.180. The highest BCUT2D eigenvalue weighted by atomic mass is 16.5. The minimum atomic E-state index is -0.495. The summed E-state index contributed by atoms with van der Waals surface area (Å²) < 4.78 is 10.7. The third-order valence-electron chi connectivity index (χ3n) is 4.22. The lowest BCUT2D eigenvalue weighted by Gasteiger charge is -2.35. The van der Waals surface area contributed by atoms with E-state index in [1.165, 1.54) is 32.1 Å². The molecule has 0 aliphatic heterocycles. The lowest BCUT2D eigenvalue weighted by atomic mass is 9.83. The van der Waals surface area contributed by atoms with E-state index in [4.69, 9.17) is 9.47 Å². The Balaban J connectivity index is 1.70. The van der Waals surface area contributed by atoms with Crippen LogP contribution in [0.4, 0.5) is 0 Å². The minimum absolute atomic E-state index is 0.180. The van der Waals surface area contributed by atoms with Gasteiger partial charge < -0.3 is 19.9 Å². The van der Waals surface area contributed by atoms with E-state index in [2.05, 4.69) is 12.2 Å². The number of aliphatic hydroxyl groups excluding tert-OH is 1. The molecular weight excluding hydrogens is 266 g/mol. The van der Waals surface area contributed by atoms with Crippen molar-refractivity contribution in [2.75, 3.05) is 20.3 Å². The Morgan fingerprint density at radius 2 is 1.76 bits per heavy atom. The summed E-state index contributed by atoms with van der Waals surface area (Å²) >= 11 is 0. The van der Waals surface area contributed by atoms with Gasteiger partial charge in [0.05, 0.1) is 7.11 Å². The molecule has 0 radical (unpaired) electrons. The van der Waals surface area contributed by atoms with Crippen LogP contribution < -0.4 is 14.8 Å². The molecule has 1 aromatic carbocycles. The van der Waals surface area contributed by atoms with Gasteiger partial charge >= 0.3 is 0 Å². The summed E-state index contributed by atoms with van der Waals surface area (Å²) in [4.78, 5) is 0. The number of hydrogen-bond donors (Lipinski definition) is 2. The van der Waals surface area contributed by atoms with Crippen molar-refractivity contribution in [2.45, 2.75) is 50.7 Å². The maximum absolute atomic E-state index is 10.0. The zero-order valence-corrected chi connectivity index (χ0v) is 13.1. The van der Waals surface area contributed by atoms with Crippen LogP contribution in [0.15, 0.2) is 24.3 Å². The second-order valence-corrected chi connectivity index (χ2v) is 6.14. The first kappa shape index (κ1) is 16.1. The first-order chi connectivity index (χ1) is 10.1. The lowest BCUT2D eigenvalue weighted by molar-refractivity contribution is 0.0930. The van der Waals surface area contributed by atoms with E-state index in [9.17, 15) is 5.11 Å². The van der Waals surface area contributed by atoms with Crippen LogP contribution in [-0.2, 0) is 0 Å². The van der Waals surface area contributed by atoms with Gasteiger partial charge in [0, 0.05) is 12.1 Å². The molecule has 0 amide bonds. The molecule has 2 rings (SSSR count). The molecule has 21 heavy (non-hydrogen) atoms. The van der Waals surface area contributed by atoms with Crippen molar-refractivity contribution in [3.63, 3.8) is 0 Å². The van der Waals surface area contributed by atoms with Gasteiger partial charge in [0.25, 0.3) is 0 Å². The lowest BCUT2D eigenvalue weighted by Crippen LogP contribution is -2.48. The van der Waals surface area contributed by atoms with Crippen molar-refractivity contribution in [1.29, 1.82) is 0 Å². The van der Waals surface area contributed by atoms with Crippen molar-refractivity contribution >= 4 is 0 Å². The number of rotatable bonds is 7. The number of nitrogens with one attached hydrogen (secondary N) is 1. The number of hydrogen-bond acceptors (Lipinski definition) is 4. The van der Waals surface area contributed by atoms with Crippen LogP contribution in [0.3, 0.4) is 0 Å². The Hall–Kier alpha value is -1.26. The second-order valence-electron chi connectivity index (χ2n) is 6.14. The Morgan fingerprint density at radius 1 is 1.14 bits per heavy atom. The molecule has 2 N–H and O–H groups in total. The summed E-state index contributed by atoms with van der Waals surface area (Å²) in [6.07, 6.45) is 5.79. The SMILES string of the molecule is COc1ccc(OCC(O)CNC2(C)CCCCC2)cc1. The molecule has 0 aromatic heterocycles. The van der Waals surface area contributed by atoms with Crippen molar-refractivity contribution in [1.82, 2.24) is 5.32 Å². The normalized spacial score (nSPS) is 19.0. The summed E-state index contributed by atoms with van der Waals surface area (Å²) in [6, 6.07) is 7.40. The molecule has 1 fully saturated rings. The summed E-state index contributed by atoms with van der Waals surface area (Å²) in [6.45, 7) is 3.13. The highest BCUT2D eigenvalue weighted by Crippen LogP contribution is 2.27. The van der Waals surface area contributed by atoms with Crippen LogP contribution in [0.2, 0.25) is 0 Å². The molecule has 4 heteroatoms. The van der Waals surface area contributed by atoms with Crippen LogP contribution in [-0.4, -0.2) is 37.0 Å². The van der Waals surface area contributed by atoms with Crippen molar-refractivity contribution in [3.05, 3.63) is 24.3 Å². The number of aliphatic hydroxyl groups is 1. The van der Waals surface area contributed by atoms with Crippen LogP contribution in [0.25, 0.3) is 0 Å². The van der Waals surface area contributed by atoms with E-state index in [0.717, 1.165) is 11.5 Å². The van der Waals surface area contributed by atoms with Crippen molar-refractivity contribution < 1.29 is 14.6 Å². The molecule has 0 spiro atoms. The van der Waals surface area contributed by atoms with Gasteiger partial charge in [-0.05, 0) is 44.0 Å². The monoisotopic (exact) mass is 293 g/mol. The largest absolute Gasteiger partial charge is 0.497 e. The molecule has 0 saturated heterocycles. The van der Waals surface area contributed by atoms with Crippen LogP contribution >= 0.6 is 0 Å². The van der Waals surface area contributed by atoms with E-state index < -0.39 is 6.10 Å². The fourth-order valence-corrected chi connectivity index (χ4v) is 2.80. The fourth-order valence-electron chi connectivity index (χ4n) is 2.80. The molecule has 118 valence electrons.